The Morgan fingerprint density at radius 2 is 1.58 bits per heavy atom. The molecule has 0 saturated heterocycles. The molecule has 0 aliphatic rings. The van der Waals surface area contributed by atoms with E-state index in [0.717, 1.165) is 38.4 Å². The zero-order chi connectivity index (χ0) is 20.1. The first-order valence-corrected chi connectivity index (χ1v) is 15.3. The van der Waals surface area contributed by atoms with Crippen LogP contribution in [-0.4, -0.2) is 93.1 Å². The van der Waals surface area contributed by atoms with Crippen LogP contribution >= 0.6 is 0 Å². The normalized spacial score (nSPS) is 13.8. The van der Waals surface area contributed by atoms with Crippen LogP contribution in [0.2, 0.25) is 12.6 Å². The second-order valence-electron chi connectivity index (χ2n) is 6.39. The van der Waals surface area contributed by atoms with E-state index in [1.807, 2.05) is 32.8 Å². The standard InChI is InChI=1S/C16H40N2O5Si3/c1-9-22-25(8,23-10-2)13-11-12-17-15-24-16(14-18(3)4)26(19-5,20-6)21-7/h14,17H,9-13,15,24H2,1-8H3. The van der Waals surface area contributed by atoms with Gasteiger partial charge < -0.3 is 32.3 Å². The summed E-state index contributed by atoms with van der Waals surface area (Å²) in [4.78, 5) is 3.23. The molecule has 0 saturated carbocycles. The zero-order valence-electron chi connectivity index (χ0n) is 18.0. The Hall–Kier alpha value is -0.0494. The quantitative estimate of drug-likeness (QED) is 0.294. The highest BCUT2D eigenvalue weighted by Crippen LogP contribution is 2.17. The van der Waals surface area contributed by atoms with Gasteiger partial charge in [0.2, 0.25) is 0 Å². The first-order chi connectivity index (χ1) is 12.3. The fourth-order valence-electron chi connectivity index (χ4n) is 2.93. The van der Waals surface area contributed by atoms with E-state index in [1.54, 1.807) is 21.3 Å². The SMILES string of the molecule is CCO[Si](C)(CCCNC[SiH2]C(=CN(C)C)[Si](OC)(OC)OC)OCC. The first-order valence-electron chi connectivity index (χ1n) is 9.34. The molecule has 26 heavy (non-hydrogen) atoms. The number of nitrogens with one attached hydrogen (secondary N) is 1. The van der Waals surface area contributed by atoms with Gasteiger partial charge in [-0.3, -0.25) is 0 Å². The van der Waals surface area contributed by atoms with E-state index in [0.29, 0.717) is 0 Å². The molecule has 0 unspecified atom stereocenters. The maximum atomic E-state index is 5.89. The maximum Gasteiger partial charge on any atom is 0.528 e. The average molecular weight is 425 g/mol. The van der Waals surface area contributed by atoms with Crippen molar-refractivity contribution in [3.63, 3.8) is 0 Å². The number of rotatable bonds is 16. The Morgan fingerprint density at radius 1 is 1.04 bits per heavy atom. The van der Waals surface area contributed by atoms with Gasteiger partial charge in [0.15, 0.2) is 0 Å². The molecule has 0 aromatic carbocycles. The van der Waals surface area contributed by atoms with Gasteiger partial charge in [-0.15, -0.1) is 0 Å². The van der Waals surface area contributed by atoms with Crippen LogP contribution in [0.5, 0.6) is 0 Å². The lowest BCUT2D eigenvalue weighted by molar-refractivity contribution is 0.136. The minimum Gasteiger partial charge on any atom is -0.395 e. The van der Waals surface area contributed by atoms with Gasteiger partial charge >= 0.3 is 17.4 Å². The van der Waals surface area contributed by atoms with Crippen molar-refractivity contribution >= 4 is 26.9 Å². The van der Waals surface area contributed by atoms with Gasteiger partial charge in [-0.25, -0.2) is 0 Å². The number of nitrogens with zero attached hydrogens (tertiary/aromatic N) is 1. The van der Waals surface area contributed by atoms with Gasteiger partial charge in [0.05, 0.1) is 9.52 Å². The lowest BCUT2D eigenvalue weighted by atomic mass is 10.5. The fourth-order valence-corrected chi connectivity index (χ4v) is 11.1. The van der Waals surface area contributed by atoms with Crippen molar-refractivity contribution in [3.8, 4) is 0 Å². The Labute approximate surface area is 164 Å². The van der Waals surface area contributed by atoms with E-state index >= 15 is 0 Å². The van der Waals surface area contributed by atoms with Gasteiger partial charge in [0.25, 0.3) is 0 Å². The number of hydrogen-bond acceptors (Lipinski definition) is 7. The van der Waals surface area contributed by atoms with E-state index in [1.165, 1.54) is 4.82 Å². The summed E-state index contributed by atoms with van der Waals surface area (Å²) in [6, 6.07) is 1.01. The van der Waals surface area contributed by atoms with Crippen LogP contribution in [0.25, 0.3) is 0 Å². The second-order valence-corrected chi connectivity index (χ2v) is 15.2. The Bertz CT molecular complexity index is 382. The molecule has 0 fully saturated rings. The molecule has 0 radical (unpaired) electrons. The van der Waals surface area contributed by atoms with E-state index < -0.39 is 26.9 Å². The van der Waals surface area contributed by atoms with Crippen LogP contribution < -0.4 is 5.32 Å². The molecule has 0 aromatic heterocycles. The van der Waals surface area contributed by atoms with Crippen LogP contribution in [0.15, 0.2) is 11.0 Å². The molecule has 0 heterocycles. The van der Waals surface area contributed by atoms with Crippen LogP contribution in [-0.2, 0) is 22.1 Å². The average Bonchev–Trinajstić information content (AvgIpc) is 2.59. The topological polar surface area (TPSA) is 61.4 Å². The van der Waals surface area contributed by atoms with Gasteiger partial charge in [0, 0.05) is 48.6 Å². The molecule has 10 heteroatoms. The van der Waals surface area contributed by atoms with Crippen molar-refractivity contribution in [3.05, 3.63) is 11.0 Å². The predicted octanol–water partition coefficient (Wildman–Crippen LogP) is 1.06. The summed E-state index contributed by atoms with van der Waals surface area (Å²) in [5.41, 5.74) is 0. The molecule has 156 valence electrons. The van der Waals surface area contributed by atoms with Crippen molar-refractivity contribution in [1.29, 1.82) is 0 Å². The highest BCUT2D eigenvalue weighted by atomic mass is 28.4. The third kappa shape index (κ3) is 9.24. The molecular weight excluding hydrogens is 384 g/mol. The largest absolute Gasteiger partial charge is 0.528 e. The molecule has 0 aromatic rings. The zero-order valence-corrected chi connectivity index (χ0v) is 21.4. The molecule has 0 aliphatic heterocycles. The summed E-state index contributed by atoms with van der Waals surface area (Å²) >= 11 is 0. The molecule has 0 spiro atoms. The third-order valence-electron chi connectivity index (χ3n) is 4.07. The molecule has 0 rings (SSSR count). The number of hydrogen-bond donors (Lipinski definition) is 1. The highest BCUT2D eigenvalue weighted by molar-refractivity contribution is 6.83. The highest BCUT2D eigenvalue weighted by Gasteiger charge is 2.42. The molecule has 0 aliphatic carbocycles. The smallest absolute Gasteiger partial charge is 0.395 e. The van der Waals surface area contributed by atoms with Gasteiger partial charge in [-0.2, -0.15) is 0 Å². The summed E-state index contributed by atoms with van der Waals surface area (Å²) in [6.07, 6.45) is 4.14. The van der Waals surface area contributed by atoms with Gasteiger partial charge in [0.1, 0.15) is 0 Å². The van der Waals surface area contributed by atoms with Crippen LogP contribution in [0.1, 0.15) is 20.3 Å². The summed E-state index contributed by atoms with van der Waals surface area (Å²) in [7, 11) is 3.70. The van der Waals surface area contributed by atoms with Gasteiger partial charge in [-0.05, 0) is 56.6 Å². The first kappa shape index (κ1) is 26.0. The second kappa shape index (κ2) is 14.0. The summed E-state index contributed by atoms with van der Waals surface area (Å²) in [5.74, 6) is 0. The van der Waals surface area contributed by atoms with Crippen LogP contribution in [0.3, 0.4) is 0 Å². The van der Waals surface area contributed by atoms with Crippen molar-refractivity contribution in [2.24, 2.45) is 0 Å². The predicted molar refractivity (Wildman–Crippen MR) is 114 cm³/mol. The molecular formula is C16H40N2O5Si3. The van der Waals surface area contributed by atoms with E-state index in [-0.39, 0.29) is 0 Å². The van der Waals surface area contributed by atoms with Crippen molar-refractivity contribution in [1.82, 2.24) is 10.2 Å². The fraction of sp³-hybridized carbons (Fsp3) is 0.875. The Kier molecular flexibility index (Phi) is 14.0. The van der Waals surface area contributed by atoms with Crippen LogP contribution in [0.4, 0.5) is 0 Å². The van der Waals surface area contributed by atoms with Gasteiger partial charge in [-0.1, -0.05) is 0 Å². The van der Waals surface area contributed by atoms with Crippen molar-refractivity contribution in [2.45, 2.75) is 32.9 Å². The lowest BCUT2D eigenvalue weighted by Crippen LogP contribution is -2.49. The monoisotopic (exact) mass is 424 g/mol. The van der Waals surface area contributed by atoms with Crippen molar-refractivity contribution in [2.75, 3.05) is 61.4 Å². The summed E-state index contributed by atoms with van der Waals surface area (Å²) < 4.78 is 28.7. The summed E-state index contributed by atoms with van der Waals surface area (Å²) in [5, 5.41) is 3.56. The van der Waals surface area contributed by atoms with Crippen LogP contribution in [0, 0.1) is 0 Å². The molecule has 7 nitrogen and oxygen atoms in total. The minimum atomic E-state index is -2.72. The molecule has 0 bridgehead atoms. The molecule has 0 atom stereocenters. The Balaban J connectivity index is 4.49. The van der Waals surface area contributed by atoms with E-state index in [4.69, 9.17) is 22.1 Å². The Morgan fingerprint density at radius 3 is 2.00 bits per heavy atom. The van der Waals surface area contributed by atoms with Crippen molar-refractivity contribution < 1.29 is 22.1 Å². The van der Waals surface area contributed by atoms with E-state index in [2.05, 4.69) is 18.1 Å². The third-order valence-corrected chi connectivity index (χ3v) is 13.0. The molecule has 1 N–H and O–H groups in total. The molecule has 0 amide bonds. The van der Waals surface area contributed by atoms with E-state index in [9.17, 15) is 0 Å². The summed E-state index contributed by atoms with van der Waals surface area (Å²) in [6.45, 7) is 8.63. The lowest BCUT2D eigenvalue weighted by Gasteiger charge is -2.28. The minimum absolute atomic E-state index is 0.592. The maximum absolute atomic E-state index is 5.89.